The number of amides is 2. The van der Waals surface area contributed by atoms with Crippen LogP contribution in [0, 0.1) is 0 Å². The number of nitrogens with zero attached hydrogens (tertiary/aromatic N) is 4. The molecular formula is C23H25N5O4S. The maximum atomic E-state index is 12.7. The van der Waals surface area contributed by atoms with Crippen LogP contribution in [0.3, 0.4) is 0 Å². The second-order valence-corrected chi connectivity index (χ2v) is 9.57. The average molecular weight is 468 g/mol. The highest BCUT2D eigenvalue weighted by Crippen LogP contribution is 2.18. The minimum atomic E-state index is -3.57. The number of piperazine rings is 1. The first-order chi connectivity index (χ1) is 15.9. The van der Waals surface area contributed by atoms with Crippen molar-refractivity contribution < 1.29 is 18.0 Å². The van der Waals surface area contributed by atoms with Gasteiger partial charge in [-0.15, -0.1) is 0 Å². The second kappa shape index (κ2) is 9.97. The Morgan fingerprint density at radius 3 is 2.15 bits per heavy atom. The van der Waals surface area contributed by atoms with Gasteiger partial charge in [0.25, 0.3) is 0 Å². The van der Waals surface area contributed by atoms with Crippen molar-refractivity contribution in [2.75, 3.05) is 31.5 Å². The molecule has 1 aliphatic heterocycles. The van der Waals surface area contributed by atoms with Gasteiger partial charge in [-0.1, -0.05) is 36.4 Å². The summed E-state index contributed by atoms with van der Waals surface area (Å²) < 4.78 is 28.5. The highest BCUT2D eigenvalue weighted by Gasteiger charge is 2.30. The van der Waals surface area contributed by atoms with Crippen LogP contribution in [0.15, 0.2) is 77.8 Å². The number of hydrogen-bond acceptors (Lipinski definition) is 5. The first kappa shape index (κ1) is 22.7. The predicted molar refractivity (Wildman–Crippen MR) is 123 cm³/mol. The number of hydrogen-bond donors (Lipinski definition) is 1. The van der Waals surface area contributed by atoms with Gasteiger partial charge in [-0.3, -0.25) is 9.59 Å². The fraction of sp³-hybridized carbons (Fsp3) is 0.261. The lowest BCUT2D eigenvalue weighted by atomic mass is 10.2. The molecule has 4 rings (SSSR count). The van der Waals surface area contributed by atoms with Crippen molar-refractivity contribution in [3.05, 3.63) is 72.9 Å². The molecule has 3 aromatic rings. The lowest BCUT2D eigenvalue weighted by Gasteiger charge is -2.34. The second-order valence-electron chi connectivity index (χ2n) is 7.63. The smallest absolute Gasteiger partial charge is 0.243 e. The molecule has 10 heteroatoms. The van der Waals surface area contributed by atoms with Crippen LogP contribution >= 0.6 is 0 Å². The van der Waals surface area contributed by atoms with Gasteiger partial charge in [0.2, 0.25) is 21.8 Å². The lowest BCUT2D eigenvalue weighted by molar-refractivity contribution is -0.133. The van der Waals surface area contributed by atoms with Crippen molar-refractivity contribution in [3.63, 3.8) is 0 Å². The van der Waals surface area contributed by atoms with Gasteiger partial charge in [-0.05, 0) is 24.3 Å². The number of anilines is 1. The Bertz CT molecular complexity index is 1200. The van der Waals surface area contributed by atoms with Gasteiger partial charge in [0.1, 0.15) is 0 Å². The third-order valence-corrected chi connectivity index (χ3v) is 7.33. The van der Waals surface area contributed by atoms with E-state index in [0.29, 0.717) is 18.9 Å². The Hall–Kier alpha value is -3.50. The fourth-order valence-corrected chi connectivity index (χ4v) is 5.06. The normalized spacial score (nSPS) is 14.7. The zero-order valence-corrected chi connectivity index (χ0v) is 18.8. The highest BCUT2D eigenvalue weighted by atomic mass is 32.2. The molecular weight excluding hydrogens is 442 g/mol. The molecule has 0 unspecified atom stereocenters. The van der Waals surface area contributed by atoms with E-state index in [1.165, 1.54) is 4.31 Å². The van der Waals surface area contributed by atoms with Crippen molar-refractivity contribution in [1.82, 2.24) is 19.0 Å². The summed E-state index contributed by atoms with van der Waals surface area (Å²) in [6.45, 7) is 1.06. The summed E-state index contributed by atoms with van der Waals surface area (Å²) in [6, 6.07) is 19.5. The molecule has 0 saturated carbocycles. The molecule has 1 saturated heterocycles. The number of aromatic nitrogens is 2. The Labute approximate surface area is 192 Å². The number of para-hydroxylation sites is 1. The Morgan fingerprint density at radius 2 is 1.48 bits per heavy atom. The summed E-state index contributed by atoms with van der Waals surface area (Å²) >= 11 is 0. The van der Waals surface area contributed by atoms with Gasteiger partial charge in [-0.25, -0.2) is 13.1 Å². The van der Waals surface area contributed by atoms with Crippen LogP contribution in [-0.2, 0) is 19.6 Å². The van der Waals surface area contributed by atoms with Crippen molar-refractivity contribution in [2.45, 2.75) is 17.7 Å². The number of rotatable bonds is 7. The summed E-state index contributed by atoms with van der Waals surface area (Å²) in [4.78, 5) is 26.6. The summed E-state index contributed by atoms with van der Waals surface area (Å²) in [5, 5.41) is 7.03. The predicted octanol–water partition coefficient (Wildman–Crippen LogP) is 2.12. The molecule has 2 heterocycles. The third-order valence-electron chi connectivity index (χ3n) is 5.42. The van der Waals surface area contributed by atoms with Gasteiger partial charge < -0.3 is 10.2 Å². The highest BCUT2D eigenvalue weighted by molar-refractivity contribution is 7.89. The summed E-state index contributed by atoms with van der Waals surface area (Å²) in [7, 11) is -3.57. The molecule has 2 amide bonds. The summed E-state index contributed by atoms with van der Waals surface area (Å²) in [5.74, 6) is -0.0558. The first-order valence-corrected chi connectivity index (χ1v) is 12.1. The van der Waals surface area contributed by atoms with Crippen LogP contribution in [-0.4, -0.2) is 65.4 Å². The SMILES string of the molecule is O=C(CCC(=O)N1CCN(S(=O)(=O)c2ccccc2)CC1)Nc1ccn(-c2ccccc2)n1. The minimum Gasteiger partial charge on any atom is -0.340 e. The van der Waals surface area contributed by atoms with Crippen molar-refractivity contribution in [1.29, 1.82) is 0 Å². The maximum Gasteiger partial charge on any atom is 0.243 e. The number of carbonyl (C=O) groups is 2. The molecule has 0 bridgehead atoms. The van der Waals surface area contributed by atoms with E-state index in [9.17, 15) is 18.0 Å². The zero-order valence-electron chi connectivity index (χ0n) is 18.0. The monoisotopic (exact) mass is 467 g/mol. The van der Waals surface area contributed by atoms with Gasteiger partial charge in [0.15, 0.2) is 5.82 Å². The standard InChI is InChI=1S/C23H25N5O4S/c29-22(24-21-13-14-28(25-21)19-7-3-1-4-8-19)11-12-23(30)26-15-17-27(18-16-26)33(31,32)20-9-5-2-6-10-20/h1-10,13-14H,11-12,15-18H2,(H,24,25,29). The maximum absolute atomic E-state index is 12.7. The minimum absolute atomic E-state index is 0.0273. The molecule has 33 heavy (non-hydrogen) atoms. The van der Waals surface area contributed by atoms with Crippen molar-refractivity contribution >= 4 is 27.7 Å². The largest absolute Gasteiger partial charge is 0.340 e. The van der Waals surface area contributed by atoms with Crippen LogP contribution in [0.1, 0.15) is 12.8 Å². The van der Waals surface area contributed by atoms with E-state index in [2.05, 4.69) is 10.4 Å². The third kappa shape index (κ3) is 5.47. The van der Waals surface area contributed by atoms with E-state index in [1.807, 2.05) is 30.3 Å². The average Bonchev–Trinajstić information content (AvgIpc) is 3.32. The Balaban J connectivity index is 1.24. The number of nitrogens with one attached hydrogen (secondary N) is 1. The molecule has 9 nitrogen and oxygen atoms in total. The summed E-state index contributed by atoms with van der Waals surface area (Å²) in [5.41, 5.74) is 0.876. The van der Waals surface area contributed by atoms with E-state index in [-0.39, 0.29) is 42.6 Å². The molecule has 2 aromatic carbocycles. The molecule has 1 aromatic heterocycles. The molecule has 1 fully saturated rings. The van der Waals surface area contributed by atoms with Crippen LogP contribution in [0.25, 0.3) is 5.69 Å². The Kier molecular flexibility index (Phi) is 6.85. The van der Waals surface area contributed by atoms with E-state index in [4.69, 9.17) is 0 Å². The molecule has 0 radical (unpaired) electrons. The molecule has 0 spiro atoms. The van der Waals surface area contributed by atoms with Crippen molar-refractivity contribution in [2.24, 2.45) is 0 Å². The number of benzene rings is 2. The van der Waals surface area contributed by atoms with Crippen LogP contribution in [0.4, 0.5) is 5.82 Å². The molecule has 0 atom stereocenters. The zero-order chi connectivity index (χ0) is 23.3. The van der Waals surface area contributed by atoms with Gasteiger partial charge in [0.05, 0.1) is 10.6 Å². The van der Waals surface area contributed by atoms with Crippen LogP contribution in [0.2, 0.25) is 0 Å². The molecule has 1 aliphatic rings. The van der Waals surface area contributed by atoms with Crippen LogP contribution < -0.4 is 5.32 Å². The quantitative estimate of drug-likeness (QED) is 0.573. The number of sulfonamides is 1. The van der Waals surface area contributed by atoms with E-state index < -0.39 is 10.0 Å². The molecule has 0 aliphatic carbocycles. The molecule has 172 valence electrons. The fourth-order valence-electron chi connectivity index (χ4n) is 3.62. The first-order valence-electron chi connectivity index (χ1n) is 10.7. The van der Waals surface area contributed by atoms with Crippen LogP contribution in [0.5, 0.6) is 0 Å². The van der Waals surface area contributed by atoms with E-state index in [0.717, 1.165) is 5.69 Å². The summed E-state index contributed by atoms with van der Waals surface area (Å²) in [6.07, 6.45) is 1.83. The lowest BCUT2D eigenvalue weighted by Crippen LogP contribution is -2.50. The van der Waals surface area contributed by atoms with Gasteiger partial charge >= 0.3 is 0 Å². The van der Waals surface area contributed by atoms with E-state index in [1.54, 1.807) is 52.2 Å². The van der Waals surface area contributed by atoms with E-state index >= 15 is 0 Å². The number of carbonyl (C=O) groups excluding carboxylic acids is 2. The van der Waals surface area contributed by atoms with Crippen molar-refractivity contribution in [3.8, 4) is 5.69 Å². The molecule has 1 N–H and O–H groups in total. The van der Waals surface area contributed by atoms with Gasteiger partial charge in [0, 0.05) is 51.3 Å². The van der Waals surface area contributed by atoms with Gasteiger partial charge in [-0.2, -0.15) is 9.40 Å². The topological polar surface area (TPSA) is 105 Å². The Morgan fingerprint density at radius 1 is 0.848 bits per heavy atom.